The molecule has 0 aliphatic heterocycles. The normalized spacial score (nSPS) is 15.0. The monoisotopic (exact) mass is 413 g/mol. The predicted molar refractivity (Wildman–Crippen MR) is 110 cm³/mol. The minimum absolute atomic E-state index is 0.0355. The van der Waals surface area contributed by atoms with Crippen molar-refractivity contribution >= 4 is 17.4 Å². The molecule has 0 N–H and O–H groups in total. The third kappa shape index (κ3) is 4.19. The van der Waals surface area contributed by atoms with Gasteiger partial charge in [0, 0.05) is 29.4 Å². The molecule has 8 nitrogen and oxygen atoms in total. The minimum Gasteiger partial charge on any atom is -0.338 e. The van der Waals surface area contributed by atoms with Gasteiger partial charge in [0.15, 0.2) is 5.16 Å². The first-order valence-corrected chi connectivity index (χ1v) is 10.8. The minimum atomic E-state index is -0.430. The summed E-state index contributed by atoms with van der Waals surface area (Å²) in [5.74, 6) is 1.47. The highest BCUT2D eigenvalue weighted by Gasteiger charge is 2.22. The van der Waals surface area contributed by atoms with E-state index in [4.69, 9.17) is 9.51 Å². The number of rotatable bonds is 6. The van der Waals surface area contributed by atoms with Gasteiger partial charge in [0.2, 0.25) is 11.7 Å². The fraction of sp³-hybridized carbons (Fsp3) is 0.450. The Hall–Kier alpha value is -2.68. The molecule has 0 saturated heterocycles. The number of hydrogen-bond donors (Lipinski definition) is 0. The van der Waals surface area contributed by atoms with Crippen molar-refractivity contribution in [2.24, 2.45) is 0 Å². The second-order valence-electron chi connectivity index (χ2n) is 7.33. The summed E-state index contributed by atoms with van der Waals surface area (Å²) >= 11 is 1.61. The third-order valence-corrected chi connectivity index (χ3v) is 6.36. The molecule has 2 heterocycles. The molecule has 0 unspecified atom stereocenters. The number of non-ortho nitro benzene ring substituents is 1. The zero-order valence-corrected chi connectivity index (χ0v) is 17.3. The van der Waals surface area contributed by atoms with Crippen LogP contribution < -0.4 is 0 Å². The SMILES string of the molecule is Cc1nc(SCc2nc(-c3ccc([N+](=O)[O-])cc3)no2)n(C2CCCCC2)c1C. The molecule has 0 bridgehead atoms. The molecule has 1 aliphatic rings. The van der Waals surface area contributed by atoms with Crippen LogP contribution in [-0.4, -0.2) is 24.6 Å². The van der Waals surface area contributed by atoms with Gasteiger partial charge < -0.3 is 9.09 Å². The fourth-order valence-electron chi connectivity index (χ4n) is 3.76. The topological polar surface area (TPSA) is 99.9 Å². The van der Waals surface area contributed by atoms with Gasteiger partial charge in [-0.05, 0) is 38.8 Å². The summed E-state index contributed by atoms with van der Waals surface area (Å²) in [6, 6.07) is 6.65. The van der Waals surface area contributed by atoms with E-state index in [2.05, 4.69) is 28.6 Å². The average Bonchev–Trinajstić information content (AvgIpc) is 3.32. The van der Waals surface area contributed by atoms with E-state index in [1.807, 2.05) is 0 Å². The molecule has 1 fully saturated rings. The first-order chi connectivity index (χ1) is 14.0. The van der Waals surface area contributed by atoms with Crippen molar-refractivity contribution in [2.45, 2.75) is 62.9 Å². The maximum Gasteiger partial charge on any atom is 0.269 e. The van der Waals surface area contributed by atoms with E-state index in [-0.39, 0.29) is 5.69 Å². The van der Waals surface area contributed by atoms with Crippen LogP contribution in [0.2, 0.25) is 0 Å². The Bertz CT molecular complexity index is 1010. The van der Waals surface area contributed by atoms with Crippen LogP contribution in [0.25, 0.3) is 11.4 Å². The first kappa shape index (κ1) is 19.6. The number of hydrogen-bond acceptors (Lipinski definition) is 7. The first-order valence-electron chi connectivity index (χ1n) is 9.78. The quantitative estimate of drug-likeness (QED) is 0.309. The van der Waals surface area contributed by atoms with Crippen LogP contribution in [-0.2, 0) is 5.75 Å². The van der Waals surface area contributed by atoms with E-state index < -0.39 is 4.92 Å². The standard InChI is InChI=1S/C20H23N5O3S/c1-13-14(2)24(16-6-4-3-5-7-16)20(21-13)29-12-18-22-19(23-28-18)15-8-10-17(11-9-15)25(26)27/h8-11,16H,3-7,12H2,1-2H3. The molecule has 0 atom stereocenters. The van der Waals surface area contributed by atoms with Crippen molar-refractivity contribution in [1.29, 1.82) is 0 Å². The molecule has 29 heavy (non-hydrogen) atoms. The number of aromatic nitrogens is 4. The van der Waals surface area contributed by atoms with E-state index in [0.717, 1.165) is 10.9 Å². The summed E-state index contributed by atoms with van der Waals surface area (Å²) in [4.78, 5) is 19.6. The van der Waals surface area contributed by atoms with Crippen LogP contribution >= 0.6 is 11.8 Å². The lowest BCUT2D eigenvalue weighted by molar-refractivity contribution is -0.384. The lowest BCUT2D eigenvalue weighted by Gasteiger charge is -2.25. The number of aryl methyl sites for hydroxylation is 1. The molecule has 9 heteroatoms. The number of benzene rings is 1. The van der Waals surface area contributed by atoms with Gasteiger partial charge >= 0.3 is 0 Å². The molecule has 0 amide bonds. The highest BCUT2D eigenvalue weighted by molar-refractivity contribution is 7.98. The molecular weight excluding hydrogens is 390 g/mol. The number of nitro groups is 1. The molecule has 0 radical (unpaired) electrons. The molecule has 4 rings (SSSR count). The van der Waals surface area contributed by atoms with Gasteiger partial charge in [-0.15, -0.1) is 0 Å². The molecule has 2 aromatic heterocycles. The average molecular weight is 414 g/mol. The highest BCUT2D eigenvalue weighted by Crippen LogP contribution is 2.35. The maximum absolute atomic E-state index is 10.8. The van der Waals surface area contributed by atoms with Gasteiger partial charge in [-0.25, -0.2) is 4.98 Å². The lowest BCUT2D eigenvalue weighted by Crippen LogP contribution is -2.15. The zero-order valence-electron chi connectivity index (χ0n) is 16.5. The predicted octanol–water partition coefficient (Wildman–Crippen LogP) is 5.26. The van der Waals surface area contributed by atoms with Crippen molar-refractivity contribution in [3.63, 3.8) is 0 Å². The fourth-order valence-corrected chi connectivity index (χ4v) is 4.75. The van der Waals surface area contributed by atoms with Gasteiger partial charge in [0.25, 0.3) is 5.69 Å². The summed E-state index contributed by atoms with van der Waals surface area (Å²) in [7, 11) is 0. The van der Waals surface area contributed by atoms with Crippen LogP contribution in [0.1, 0.15) is 55.4 Å². The highest BCUT2D eigenvalue weighted by atomic mass is 32.2. The Balaban J connectivity index is 1.47. The molecule has 3 aromatic rings. The smallest absolute Gasteiger partial charge is 0.269 e. The van der Waals surface area contributed by atoms with E-state index in [0.29, 0.717) is 29.1 Å². The van der Waals surface area contributed by atoms with Crippen molar-refractivity contribution in [2.75, 3.05) is 0 Å². The van der Waals surface area contributed by atoms with Crippen LogP contribution in [0.15, 0.2) is 33.9 Å². The zero-order chi connectivity index (χ0) is 20.4. The molecule has 1 aromatic carbocycles. The maximum atomic E-state index is 10.8. The molecule has 1 aliphatic carbocycles. The number of thioether (sulfide) groups is 1. The Morgan fingerprint density at radius 2 is 1.90 bits per heavy atom. The van der Waals surface area contributed by atoms with Crippen molar-refractivity contribution in [3.8, 4) is 11.4 Å². The van der Waals surface area contributed by atoms with E-state index in [1.165, 1.54) is 49.9 Å². The van der Waals surface area contributed by atoms with Crippen LogP contribution in [0.5, 0.6) is 0 Å². The molecule has 0 spiro atoms. The molecular formula is C20H23N5O3S. The second kappa shape index (κ2) is 8.36. The Morgan fingerprint density at radius 1 is 1.17 bits per heavy atom. The van der Waals surface area contributed by atoms with Gasteiger partial charge in [0.1, 0.15) is 0 Å². The van der Waals surface area contributed by atoms with Crippen molar-refractivity contribution < 1.29 is 9.45 Å². The summed E-state index contributed by atoms with van der Waals surface area (Å²) in [6.45, 7) is 4.19. The molecule has 152 valence electrons. The summed E-state index contributed by atoms with van der Waals surface area (Å²) < 4.78 is 7.77. The number of nitrogens with zero attached hydrogens (tertiary/aromatic N) is 5. The Kier molecular flexibility index (Phi) is 5.66. The van der Waals surface area contributed by atoms with Gasteiger partial charge in [-0.2, -0.15) is 4.98 Å². The number of nitro benzene ring substituents is 1. The Labute approximate surface area is 172 Å². The molecule has 1 saturated carbocycles. The van der Waals surface area contributed by atoms with E-state index >= 15 is 0 Å². The summed E-state index contributed by atoms with van der Waals surface area (Å²) in [5.41, 5.74) is 3.02. The largest absolute Gasteiger partial charge is 0.338 e. The van der Waals surface area contributed by atoms with Gasteiger partial charge in [-0.1, -0.05) is 36.2 Å². The number of imidazole rings is 1. The van der Waals surface area contributed by atoms with Gasteiger partial charge in [0.05, 0.1) is 16.4 Å². The lowest BCUT2D eigenvalue weighted by atomic mass is 9.95. The van der Waals surface area contributed by atoms with Crippen molar-refractivity contribution in [3.05, 3.63) is 51.7 Å². The third-order valence-electron chi connectivity index (χ3n) is 5.42. The van der Waals surface area contributed by atoms with E-state index in [9.17, 15) is 10.1 Å². The second-order valence-corrected chi connectivity index (χ2v) is 8.27. The summed E-state index contributed by atoms with van der Waals surface area (Å²) in [6.07, 6.45) is 6.27. The van der Waals surface area contributed by atoms with Crippen LogP contribution in [0, 0.1) is 24.0 Å². The van der Waals surface area contributed by atoms with Crippen LogP contribution in [0.4, 0.5) is 5.69 Å². The van der Waals surface area contributed by atoms with E-state index in [1.54, 1.807) is 23.9 Å². The van der Waals surface area contributed by atoms with Crippen molar-refractivity contribution in [1.82, 2.24) is 19.7 Å². The van der Waals surface area contributed by atoms with Crippen LogP contribution in [0.3, 0.4) is 0 Å². The summed E-state index contributed by atoms with van der Waals surface area (Å²) in [5, 5.41) is 15.8. The van der Waals surface area contributed by atoms with Gasteiger partial charge in [-0.3, -0.25) is 10.1 Å². The Morgan fingerprint density at radius 3 is 2.59 bits per heavy atom.